The molecule has 1 aromatic carbocycles. The van der Waals surface area contributed by atoms with Crippen LogP contribution in [0.5, 0.6) is 0 Å². The second-order valence-corrected chi connectivity index (χ2v) is 6.59. The molecule has 0 unspecified atom stereocenters. The number of carbonyl (C=O) groups excluding carboxylic acids is 1. The summed E-state index contributed by atoms with van der Waals surface area (Å²) < 4.78 is 7.33. The molecule has 0 spiro atoms. The molecule has 0 N–H and O–H groups in total. The van der Waals surface area contributed by atoms with Crippen molar-refractivity contribution < 1.29 is 9.21 Å². The molecule has 1 amide bonds. The molecule has 0 bridgehead atoms. The average molecular weight is 399 g/mol. The summed E-state index contributed by atoms with van der Waals surface area (Å²) in [6, 6.07) is 6.03. The molecular weight excluding hydrogens is 386 g/mol. The Morgan fingerprint density at radius 3 is 2.65 bits per heavy atom. The molecule has 0 saturated carbocycles. The molecule has 104 valence electrons. The number of aryl methyl sites for hydroxylation is 2. The van der Waals surface area contributed by atoms with Crippen molar-refractivity contribution >= 4 is 43.5 Å². The van der Waals surface area contributed by atoms with Gasteiger partial charge in [0.1, 0.15) is 11.5 Å². The SMILES string of the molecule is Cc1oc(C)c(C(=O)N2CCc3cc(Br)ccc32)c1Br. The fourth-order valence-corrected chi connectivity index (χ4v) is 3.55. The molecule has 1 aliphatic heterocycles. The van der Waals surface area contributed by atoms with Crippen LogP contribution in [0, 0.1) is 13.8 Å². The number of anilines is 1. The molecule has 1 aliphatic rings. The number of hydrogen-bond donors (Lipinski definition) is 0. The number of rotatable bonds is 1. The van der Waals surface area contributed by atoms with Gasteiger partial charge in [-0.25, -0.2) is 0 Å². The summed E-state index contributed by atoms with van der Waals surface area (Å²) in [7, 11) is 0. The first-order valence-electron chi connectivity index (χ1n) is 6.35. The fraction of sp³-hybridized carbons (Fsp3) is 0.267. The maximum atomic E-state index is 12.8. The van der Waals surface area contributed by atoms with Crippen molar-refractivity contribution in [2.45, 2.75) is 20.3 Å². The van der Waals surface area contributed by atoms with Gasteiger partial charge < -0.3 is 9.32 Å². The largest absolute Gasteiger partial charge is 0.465 e. The molecule has 3 nitrogen and oxygen atoms in total. The summed E-state index contributed by atoms with van der Waals surface area (Å²) in [4.78, 5) is 14.6. The summed E-state index contributed by atoms with van der Waals surface area (Å²) in [6.45, 7) is 4.38. The molecular formula is C15H13Br2NO2. The summed E-state index contributed by atoms with van der Waals surface area (Å²) in [5.41, 5.74) is 2.81. The van der Waals surface area contributed by atoms with Gasteiger partial charge >= 0.3 is 0 Å². The smallest absolute Gasteiger partial charge is 0.262 e. The lowest BCUT2D eigenvalue weighted by molar-refractivity contribution is 0.0987. The topological polar surface area (TPSA) is 33.5 Å². The molecule has 5 heteroatoms. The Bertz CT molecular complexity index is 706. The van der Waals surface area contributed by atoms with Gasteiger partial charge in [-0.05, 0) is 60.0 Å². The molecule has 0 radical (unpaired) electrons. The predicted octanol–water partition coefficient (Wildman–Crippen LogP) is 4.62. The van der Waals surface area contributed by atoms with Crippen molar-refractivity contribution in [1.29, 1.82) is 0 Å². The Morgan fingerprint density at radius 1 is 1.25 bits per heavy atom. The van der Waals surface area contributed by atoms with Crippen LogP contribution >= 0.6 is 31.9 Å². The van der Waals surface area contributed by atoms with Gasteiger partial charge in [-0.1, -0.05) is 15.9 Å². The summed E-state index contributed by atoms with van der Waals surface area (Å²) in [5, 5.41) is 0. The molecule has 1 aromatic heterocycles. The first-order chi connectivity index (χ1) is 9.49. The zero-order valence-corrected chi connectivity index (χ0v) is 14.3. The van der Waals surface area contributed by atoms with Gasteiger partial charge in [0.2, 0.25) is 0 Å². The standard InChI is InChI=1S/C15H13Br2NO2/c1-8-13(14(17)9(2)20-8)15(19)18-6-5-10-7-11(16)3-4-12(10)18/h3-4,7H,5-6H2,1-2H3. The highest BCUT2D eigenvalue weighted by Gasteiger charge is 2.30. The van der Waals surface area contributed by atoms with E-state index in [1.807, 2.05) is 30.9 Å². The summed E-state index contributed by atoms with van der Waals surface area (Å²) in [6.07, 6.45) is 0.883. The highest BCUT2D eigenvalue weighted by Crippen LogP contribution is 2.35. The Morgan fingerprint density at radius 2 is 2.00 bits per heavy atom. The third-order valence-corrected chi connectivity index (χ3v) is 5.03. The first-order valence-corrected chi connectivity index (χ1v) is 7.93. The molecule has 0 saturated heterocycles. The Kier molecular flexibility index (Phi) is 3.50. The number of amides is 1. The lowest BCUT2D eigenvalue weighted by atomic mass is 10.1. The summed E-state index contributed by atoms with van der Waals surface area (Å²) in [5.74, 6) is 1.39. The number of halogens is 2. The second kappa shape index (κ2) is 5.04. The minimum absolute atomic E-state index is 0.00713. The van der Waals surface area contributed by atoms with Crippen LogP contribution in [0.1, 0.15) is 27.4 Å². The molecule has 0 fully saturated rings. The van der Waals surface area contributed by atoms with Crippen LogP contribution in [0.25, 0.3) is 0 Å². The van der Waals surface area contributed by atoms with Crippen LogP contribution in [0.3, 0.4) is 0 Å². The lowest BCUT2D eigenvalue weighted by Crippen LogP contribution is -2.29. The average Bonchev–Trinajstić information content (AvgIpc) is 2.91. The maximum absolute atomic E-state index is 12.8. The van der Waals surface area contributed by atoms with Crippen LogP contribution in [0.15, 0.2) is 31.6 Å². The monoisotopic (exact) mass is 397 g/mol. The second-order valence-electron chi connectivity index (χ2n) is 4.88. The van der Waals surface area contributed by atoms with Gasteiger partial charge in [-0.3, -0.25) is 4.79 Å². The lowest BCUT2D eigenvalue weighted by Gasteiger charge is -2.17. The van der Waals surface area contributed by atoms with E-state index in [9.17, 15) is 4.79 Å². The van der Waals surface area contributed by atoms with Crippen LogP contribution in [0.4, 0.5) is 5.69 Å². The van der Waals surface area contributed by atoms with E-state index in [1.54, 1.807) is 0 Å². The third kappa shape index (κ3) is 2.13. The van der Waals surface area contributed by atoms with Crippen molar-refractivity contribution in [3.05, 3.63) is 49.8 Å². The van der Waals surface area contributed by atoms with Crippen LogP contribution in [-0.4, -0.2) is 12.5 Å². The van der Waals surface area contributed by atoms with E-state index >= 15 is 0 Å². The zero-order chi connectivity index (χ0) is 14.4. The zero-order valence-electron chi connectivity index (χ0n) is 11.2. The highest BCUT2D eigenvalue weighted by molar-refractivity contribution is 9.10. The number of carbonyl (C=O) groups is 1. The maximum Gasteiger partial charge on any atom is 0.262 e. The Labute approximate surface area is 134 Å². The van der Waals surface area contributed by atoms with Crippen LogP contribution < -0.4 is 4.90 Å². The van der Waals surface area contributed by atoms with E-state index in [4.69, 9.17) is 4.42 Å². The number of furan rings is 1. The van der Waals surface area contributed by atoms with Gasteiger partial charge in [0.05, 0.1) is 10.0 Å². The van der Waals surface area contributed by atoms with E-state index in [-0.39, 0.29) is 5.91 Å². The van der Waals surface area contributed by atoms with Crippen molar-refractivity contribution in [1.82, 2.24) is 0 Å². The van der Waals surface area contributed by atoms with Crippen molar-refractivity contribution in [3.63, 3.8) is 0 Å². The third-order valence-electron chi connectivity index (χ3n) is 3.58. The Balaban J connectivity index is 2.02. The van der Waals surface area contributed by atoms with Crippen LogP contribution in [-0.2, 0) is 6.42 Å². The van der Waals surface area contributed by atoms with E-state index < -0.39 is 0 Å². The Hall–Kier alpha value is -1.07. The minimum atomic E-state index is -0.00713. The predicted molar refractivity (Wildman–Crippen MR) is 85.4 cm³/mol. The van der Waals surface area contributed by atoms with Crippen LogP contribution in [0.2, 0.25) is 0 Å². The number of hydrogen-bond acceptors (Lipinski definition) is 2. The molecule has 0 atom stereocenters. The van der Waals surface area contributed by atoms with E-state index in [1.165, 1.54) is 5.56 Å². The fourth-order valence-electron chi connectivity index (χ4n) is 2.62. The molecule has 0 aliphatic carbocycles. The molecule has 20 heavy (non-hydrogen) atoms. The normalized spacial score (nSPS) is 13.7. The van der Waals surface area contributed by atoms with Gasteiger partial charge in [-0.15, -0.1) is 0 Å². The quantitative estimate of drug-likeness (QED) is 0.701. The van der Waals surface area contributed by atoms with Gasteiger partial charge in [-0.2, -0.15) is 0 Å². The van der Waals surface area contributed by atoms with Crippen molar-refractivity contribution in [3.8, 4) is 0 Å². The van der Waals surface area contributed by atoms with Gasteiger partial charge in [0.15, 0.2) is 0 Å². The first kappa shape index (κ1) is 13.9. The van der Waals surface area contributed by atoms with E-state index in [2.05, 4.69) is 37.9 Å². The minimum Gasteiger partial charge on any atom is -0.465 e. The van der Waals surface area contributed by atoms with E-state index in [0.717, 1.165) is 26.8 Å². The molecule has 2 aromatic rings. The number of benzene rings is 1. The van der Waals surface area contributed by atoms with Crippen molar-refractivity contribution in [2.75, 3.05) is 11.4 Å². The van der Waals surface area contributed by atoms with Gasteiger partial charge in [0.25, 0.3) is 5.91 Å². The van der Waals surface area contributed by atoms with Crippen molar-refractivity contribution in [2.24, 2.45) is 0 Å². The van der Waals surface area contributed by atoms with E-state index in [0.29, 0.717) is 17.9 Å². The molecule has 3 rings (SSSR count). The number of fused-ring (bicyclic) bond motifs is 1. The summed E-state index contributed by atoms with van der Waals surface area (Å²) >= 11 is 6.92. The number of nitrogens with zero attached hydrogens (tertiary/aromatic N) is 1. The molecule has 2 heterocycles. The van der Waals surface area contributed by atoms with Gasteiger partial charge in [0, 0.05) is 16.7 Å². The highest BCUT2D eigenvalue weighted by atomic mass is 79.9.